The largest absolute Gasteiger partial charge is 0.491 e. The van der Waals surface area contributed by atoms with Crippen LogP contribution in [0.15, 0.2) is 42.5 Å². The van der Waals surface area contributed by atoms with Gasteiger partial charge in [0.15, 0.2) is 0 Å². The minimum atomic E-state index is 0.376. The number of nitrogens with one attached hydrogen (secondary N) is 1. The molecule has 3 heteroatoms. The zero-order chi connectivity index (χ0) is 17.5. The van der Waals surface area contributed by atoms with Gasteiger partial charge in [-0.2, -0.15) is 0 Å². The van der Waals surface area contributed by atoms with Gasteiger partial charge in [0.1, 0.15) is 12.4 Å². The summed E-state index contributed by atoms with van der Waals surface area (Å²) in [5.41, 5.74) is 4.93. The van der Waals surface area contributed by atoms with E-state index in [0.29, 0.717) is 12.6 Å². The number of aryl methyl sites for hydroxylation is 2. The Hall–Kier alpha value is -2.00. The molecular weight excluding hydrogens is 296 g/mol. The summed E-state index contributed by atoms with van der Waals surface area (Å²) in [4.78, 5) is 2.36. The molecule has 0 fully saturated rings. The van der Waals surface area contributed by atoms with E-state index >= 15 is 0 Å². The van der Waals surface area contributed by atoms with Crippen LogP contribution in [-0.2, 0) is 6.42 Å². The van der Waals surface area contributed by atoms with Gasteiger partial charge in [-0.05, 0) is 63.1 Å². The maximum Gasteiger partial charge on any atom is 0.125 e. The zero-order valence-electron chi connectivity index (χ0n) is 15.6. The first-order valence-corrected chi connectivity index (χ1v) is 8.67. The highest BCUT2D eigenvalue weighted by atomic mass is 16.5. The third kappa shape index (κ3) is 5.00. The van der Waals surface area contributed by atoms with E-state index in [0.717, 1.165) is 24.4 Å². The number of likely N-dealkylation sites (N-methyl/N-ethyl adjacent to an activating group) is 1. The lowest BCUT2D eigenvalue weighted by molar-refractivity contribution is 0.173. The van der Waals surface area contributed by atoms with Crippen molar-refractivity contribution in [2.75, 3.05) is 32.6 Å². The van der Waals surface area contributed by atoms with Gasteiger partial charge in [-0.1, -0.05) is 30.3 Å². The van der Waals surface area contributed by atoms with Gasteiger partial charge >= 0.3 is 0 Å². The van der Waals surface area contributed by atoms with Crippen molar-refractivity contribution >= 4 is 5.69 Å². The van der Waals surface area contributed by atoms with Gasteiger partial charge in [-0.15, -0.1) is 0 Å². The molecule has 3 nitrogen and oxygen atoms in total. The first kappa shape index (κ1) is 18.3. The van der Waals surface area contributed by atoms with E-state index in [-0.39, 0.29) is 0 Å². The summed E-state index contributed by atoms with van der Waals surface area (Å²) < 4.78 is 6.08. The summed E-state index contributed by atoms with van der Waals surface area (Å²) in [5.74, 6) is 1.03. The molecule has 0 aromatic heterocycles. The molecule has 0 aliphatic rings. The molecule has 24 heavy (non-hydrogen) atoms. The molecule has 2 rings (SSSR count). The average molecular weight is 326 g/mol. The standard InChI is InChI=1S/C21H30N2O/c1-16-7-6-8-17(2)21(16)24-15-18(3)23(5)14-13-19-9-11-20(22-4)12-10-19/h6-12,18,22H,13-15H2,1-5H3/t18-/m1/s1. The van der Waals surface area contributed by atoms with Crippen molar-refractivity contribution in [3.05, 3.63) is 59.2 Å². The molecule has 1 atom stereocenters. The molecule has 130 valence electrons. The molecule has 0 amide bonds. The Balaban J connectivity index is 1.82. The van der Waals surface area contributed by atoms with Crippen molar-refractivity contribution in [3.8, 4) is 5.75 Å². The molecule has 0 saturated heterocycles. The SMILES string of the molecule is CNc1ccc(CCN(C)[C@H](C)COc2c(C)cccc2C)cc1. The monoisotopic (exact) mass is 326 g/mol. The minimum Gasteiger partial charge on any atom is -0.491 e. The number of ether oxygens (including phenoxy) is 1. The van der Waals surface area contributed by atoms with Gasteiger partial charge < -0.3 is 10.1 Å². The Kier molecular flexibility index (Phi) is 6.68. The highest BCUT2D eigenvalue weighted by Gasteiger charge is 2.12. The molecular formula is C21H30N2O. The Morgan fingerprint density at radius 2 is 1.67 bits per heavy atom. The van der Waals surface area contributed by atoms with E-state index in [1.54, 1.807) is 0 Å². The van der Waals surface area contributed by atoms with Crippen molar-refractivity contribution in [2.24, 2.45) is 0 Å². The number of nitrogens with zero attached hydrogens (tertiary/aromatic N) is 1. The number of para-hydroxylation sites is 1. The van der Waals surface area contributed by atoms with Crippen LogP contribution in [0, 0.1) is 13.8 Å². The van der Waals surface area contributed by atoms with Crippen LogP contribution < -0.4 is 10.1 Å². The maximum atomic E-state index is 6.08. The van der Waals surface area contributed by atoms with Gasteiger partial charge in [-0.3, -0.25) is 4.90 Å². The van der Waals surface area contributed by atoms with Crippen molar-refractivity contribution in [2.45, 2.75) is 33.2 Å². The van der Waals surface area contributed by atoms with Gasteiger partial charge in [0, 0.05) is 25.3 Å². The van der Waals surface area contributed by atoms with Crippen molar-refractivity contribution in [1.29, 1.82) is 0 Å². The van der Waals surface area contributed by atoms with E-state index in [4.69, 9.17) is 4.74 Å². The predicted molar refractivity (Wildman–Crippen MR) is 103 cm³/mol. The predicted octanol–water partition coefficient (Wildman–Crippen LogP) is 4.29. The van der Waals surface area contributed by atoms with Crippen molar-refractivity contribution in [3.63, 3.8) is 0 Å². The molecule has 0 heterocycles. The number of benzene rings is 2. The summed E-state index contributed by atoms with van der Waals surface area (Å²) in [5, 5.41) is 3.15. The molecule has 0 bridgehead atoms. The van der Waals surface area contributed by atoms with Gasteiger partial charge in [0.25, 0.3) is 0 Å². The van der Waals surface area contributed by atoms with E-state index in [2.05, 4.69) is 80.5 Å². The van der Waals surface area contributed by atoms with Crippen LogP contribution in [0.4, 0.5) is 5.69 Å². The average Bonchev–Trinajstić information content (AvgIpc) is 2.59. The molecule has 0 spiro atoms. The smallest absolute Gasteiger partial charge is 0.125 e. The molecule has 0 aliphatic heterocycles. The number of rotatable bonds is 8. The molecule has 0 radical (unpaired) electrons. The first-order valence-electron chi connectivity index (χ1n) is 8.67. The molecule has 0 saturated carbocycles. The third-order valence-corrected chi connectivity index (χ3v) is 4.63. The van der Waals surface area contributed by atoms with Crippen LogP contribution in [0.3, 0.4) is 0 Å². The lowest BCUT2D eigenvalue weighted by atomic mass is 10.1. The van der Waals surface area contributed by atoms with Gasteiger partial charge in [0.2, 0.25) is 0 Å². The highest BCUT2D eigenvalue weighted by Crippen LogP contribution is 2.22. The molecule has 1 N–H and O–H groups in total. The van der Waals surface area contributed by atoms with Crippen LogP contribution >= 0.6 is 0 Å². The number of hydrogen-bond acceptors (Lipinski definition) is 3. The van der Waals surface area contributed by atoms with Gasteiger partial charge in [0.05, 0.1) is 0 Å². The normalized spacial score (nSPS) is 12.2. The van der Waals surface area contributed by atoms with Crippen molar-refractivity contribution in [1.82, 2.24) is 4.90 Å². The highest BCUT2D eigenvalue weighted by molar-refractivity contribution is 5.43. The minimum absolute atomic E-state index is 0.376. The fourth-order valence-electron chi connectivity index (χ4n) is 2.72. The topological polar surface area (TPSA) is 24.5 Å². The number of anilines is 1. The Labute approximate surface area is 146 Å². The van der Waals surface area contributed by atoms with Gasteiger partial charge in [-0.25, -0.2) is 0 Å². The van der Waals surface area contributed by atoms with E-state index in [9.17, 15) is 0 Å². The summed E-state index contributed by atoms with van der Waals surface area (Å²) in [7, 11) is 4.11. The first-order chi connectivity index (χ1) is 11.5. The molecule has 0 aliphatic carbocycles. The van der Waals surface area contributed by atoms with Crippen LogP contribution in [-0.4, -0.2) is 38.2 Å². The third-order valence-electron chi connectivity index (χ3n) is 4.63. The van der Waals surface area contributed by atoms with Crippen LogP contribution in [0.1, 0.15) is 23.6 Å². The molecule has 0 unspecified atom stereocenters. The summed E-state index contributed by atoms with van der Waals surface area (Å²) in [6.07, 6.45) is 1.05. The Bertz CT molecular complexity index is 617. The fourth-order valence-corrected chi connectivity index (χ4v) is 2.72. The second-order valence-corrected chi connectivity index (χ2v) is 6.56. The Morgan fingerprint density at radius 3 is 2.25 bits per heavy atom. The lowest BCUT2D eigenvalue weighted by Crippen LogP contribution is -2.35. The molecule has 2 aromatic rings. The fraction of sp³-hybridized carbons (Fsp3) is 0.429. The lowest BCUT2D eigenvalue weighted by Gasteiger charge is -2.25. The van der Waals surface area contributed by atoms with E-state index < -0.39 is 0 Å². The second kappa shape index (κ2) is 8.74. The van der Waals surface area contributed by atoms with Crippen LogP contribution in [0.5, 0.6) is 5.75 Å². The maximum absolute atomic E-state index is 6.08. The van der Waals surface area contributed by atoms with Crippen LogP contribution in [0.2, 0.25) is 0 Å². The van der Waals surface area contributed by atoms with E-state index in [1.807, 2.05) is 7.05 Å². The summed E-state index contributed by atoms with van der Waals surface area (Å²) >= 11 is 0. The summed E-state index contributed by atoms with van der Waals surface area (Å²) in [6, 6.07) is 15.3. The molecule has 2 aromatic carbocycles. The van der Waals surface area contributed by atoms with Crippen molar-refractivity contribution < 1.29 is 4.74 Å². The second-order valence-electron chi connectivity index (χ2n) is 6.56. The summed E-state index contributed by atoms with van der Waals surface area (Å²) in [6.45, 7) is 8.16. The van der Waals surface area contributed by atoms with E-state index in [1.165, 1.54) is 16.7 Å². The number of hydrogen-bond donors (Lipinski definition) is 1. The zero-order valence-corrected chi connectivity index (χ0v) is 15.6. The van der Waals surface area contributed by atoms with Crippen LogP contribution in [0.25, 0.3) is 0 Å². The quantitative estimate of drug-likeness (QED) is 0.783. The Morgan fingerprint density at radius 1 is 1.04 bits per heavy atom.